The Morgan fingerprint density at radius 3 is 3.00 bits per heavy atom. The summed E-state index contributed by atoms with van der Waals surface area (Å²) in [6, 6.07) is 7.35. The number of rotatable bonds is 0. The third-order valence-electron chi connectivity index (χ3n) is 2.98. The standard InChI is InChI=1S/C12H14N2O/c13-7-8-4-5-10-9(6-8)2-1-3-11(14)12(10)15/h4-6,11-12,15H,1-3,14H2/t11-,12+/m0/s1. The SMILES string of the molecule is N#Cc1ccc2c(c1)CCC[C@H](N)[C@@H]2O. The third-order valence-corrected chi connectivity index (χ3v) is 2.98. The van der Waals surface area contributed by atoms with E-state index in [9.17, 15) is 5.11 Å². The molecule has 3 N–H and O–H groups in total. The number of hydrogen-bond acceptors (Lipinski definition) is 3. The van der Waals surface area contributed by atoms with E-state index in [1.165, 1.54) is 0 Å². The van der Waals surface area contributed by atoms with E-state index in [0.29, 0.717) is 5.56 Å². The van der Waals surface area contributed by atoms with Crippen LogP contribution in [0.2, 0.25) is 0 Å². The van der Waals surface area contributed by atoms with E-state index in [-0.39, 0.29) is 6.04 Å². The van der Waals surface area contributed by atoms with E-state index in [1.54, 1.807) is 6.07 Å². The molecule has 3 nitrogen and oxygen atoms in total. The van der Waals surface area contributed by atoms with Crippen molar-refractivity contribution in [2.24, 2.45) is 5.73 Å². The fraction of sp³-hybridized carbons (Fsp3) is 0.417. The predicted octanol–water partition coefficient (Wildman–Crippen LogP) is 1.26. The van der Waals surface area contributed by atoms with Crippen molar-refractivity contribution in [2.75, 3.05) is 0 Å². The molecule has 0 unspecified atom stereocenters. The highest BCUT2D eigenvalue weighted by Gasteiger charge is 2.22. The summed E-state index contributed by atoms with van der Waals surface area (Å²) in [7, 11) is 0. The molecule has 0 heterocycles. The lowest BCUT2D eigenvalue weighted by Crippen LogP contribution is -2.27. The van der Waals surface area contributed by atoms with Gasteiger partial charge in [-0.15, -0.1) is 0 Å². The van der Waals surface area contributed by atoms with Crippen LogP contribution in [0, 0.1) is 11.3 Å². The number of nitriles is 1. The van der Waals surface area contributed by atoms with Crippen LogP contribution >= 0.6 is 0 Å². The van der Waals surface area contributed by atoms with Gasteiger partial charge in [-0.2, -0.15) is 5.26 Å². The number of nitrogens with two attached hydrogens (primary N) is 1. The fourth-order valence-electron chi connectivity index (χ4n) is 2.10. The molecule has 0 fully saturated rings. The van der Waals surface area contributed by atoms with Crippen molar-refractivity contribution in [3.63, 3.8) is 0 Å². The number of aliphatic hydroxyl groups excluding tert-OH is 1. The van der Waals surface area contributed by atoms with Gasteiger partial charge in [-0.1, -0.05) is 6.07 Å². The van der Waals surface area contributed by atoms with E-state index < -0.39 is 6.10 Å². The Hall–Kier alpha value is -1.37. The predicted molar refractivity (Wildman–Crippen MR) is 57.0 cm³/mol. The van der Waals surface area contributed by atoms with Crippen LogP contribution in [0.5, 0.6) is 0 Å². The number of fused-ring (bicyclic) bond motifs is 1. The number of hydrogen-bond donors (Lipinski definition) is 2. The molecule has 0 aliphatic heterocycles. The van der Waals surface area contributed by atoms with Gasteiger partial charge in [-0.25, -0.2) is 0 Å². The molecule has 0 spiro atoms. The largest absolute Gasteiger partial charge is 0.387 e. The molecule has 1 aromatic carbocycles. The van der Waals surface area contributed by atoms with Gasteiger partial charge in [-0.05, 0) is 42.5 Å². The quantitative estimate of drug-likeness (QED) is 0.622. The first kappa shape index (κ1) is 10.2. The minimum atomic E-state index is -0.588. The molecular formula is C12H14N2O. The van der Waals surface area contributed by atoms with Crippen LogP contribution < -0.4 is 5.73 Å². The van der Waals surface area contributed by atoms with Crippen molar-refractivity contribution in [1.82, 2.24) is 0 Å². The summed E-state index contributed by atoms with van der Waals surface area (Å²) in [6.07, 6.45) is 2.11. The highest BCUT2D eigenvalue weighted by molar-refractivity contribution is 5.40. The van der Waals surface area contributed by atoms with Gasteiger partial charge in [0.25, 0.3) is 0 Å². The zero-order valence-electron chi connectivity index (χ0n) is 8.48. The Balaban J connectivity index is 2.45. The molecule has 0 aromatic heterocycles. The molecule has 3 heteroatoms. The monoisotopic (exact) mass is 202 g/mol. The van der Waals surface area contributed by atoms with Crippen molar-refractivity contribution in [3.05, 3.63) is 34.9 Å². The molecule has 1 aliphatic rings. The van der Waals surface area contributed by atoms with Crippen LogP contribution in [-0.4, -0.2) is 11.1 Å². The normalized spacial score (nSPS) is 25.1. The van der Waals surface area contributed by atoms with Gasteiger partial charge in [0.1, 0.15) is 0 Å². The van der Waals surface area contributed by atoms with Crippen molar-refractivity contribution in [2.45, 2.75) is 31.4 Å². The summed E-state index contributed by atoms with van der Waals surface area (Å²) in [4.78, 5) is 0. The highest BCUT2D eigenvalue weighted by atomic mass is 16.3. The molecule has 0 bridgehead atoms. The molecular weight excluding hydrogens is 188 g/mol. The van der Waals surface area contributed by atoms with Crippen molar-refractivity contribution in [1.29, 1.82) is 5.26 Å². The second-order valence-electron chi connectivity index (χ2n) is 4.03. The number of aryl methyl sites for hydroxylation is 1. The van der Waals surface area contributed by atoms with Gasteiger partial charge in [0.15, 0.2) is 0 Å². The van der Waals surface area contributed by atoms with E-state index >= 15 is 0 Å². The zero-order chi connectivity index (χ0) is 10.8. The molecule has 1 aliphatic carbocycles. The first-order valence-electron chi connectivity index (χ1n) is 5.19. The summed E-state index contributed by atoms with van der Waals surface area (Å²) in [5.74, 6) is 0. The maximum absolute atomic E-state index is 9.97. The molecule has 0 saturated heterocycles. The molecule has 2 atom stereocenters. The first-order valence-corrected chi connectivity index (χ1v) is 5.19. The summed E-state index contributed by atoms with van der Waals surface area (Å²) in [6.45, 7) is 0. The summed E-state index contributed by atoms with van der Waals surface area (Å²) >= 11 is 0. The van der Waals surface area contributed by atoms with Gasteiger partial charge >= 0.3 is 0 Å². The average molecular weight is 202 g/mol. The topological polar surface area (TPSA) is 70.0 Å². The van der Waals surface area contributed by atoms with Crippen molar-refractivity contribution < 1.29 is 5.11 Å². The molecule has 0 radical (unpaired) electrons. The van der Waals surface area contributed by atoms with Gasteiger partial charge in [0, 0.05) is 6.04 Å². The van der Waals surface area contributed by atoms with Crippen LogP contribution in [0.3, 0.4) is 0 Å². The van der Waals surface area contributed by atoms with Gasteiger partial charge < -0.3 is 10.8 Å². The van der Waals surface area contributed by atoms with E-state index in [4.69, 9.17) is 11.0 Å². The second-order valence-corrected chi connectivity index (χ2v) is 4.03. The minimum Gasteiger partial charge on any atom is -0.387 e. The van der Waals surface area contributed by atoms with E-state index in [1.807, 2.05) is 12.1 Å². The smallest absolute Gasteiger partial charge is 0.0991 e. The molecule has 0 saturated carbocycles. The van der Waals surface area contributed by atoms with Crippen LogP contribution in [0.15, 0.2) is 18.2 Å². The average Bonchev–Trinajstić information content (AvgIpc) is 2.40. The summed E-state index contributed by atoms with van der Waals surface area (Å²) in [5, 5.41) is 18.8. The lowest BCUT2D eigenvalue weighted by Gasteiger charge is -2.17. The zero-order valence-corrected chi connectivity index (χ0v) is 8.48. The Bertz CT molecular complexity index is 409. The molecule has 78 valence electrons. The Morgan fingerprint density at radius 1 is 1.47 bits per heavy atom. The molecule has 2 rings (SSSR count). The van der Waals surface area contributed by atoms with Crippen LogP contribution in [0.25, 0.3) is 0 Å². The number of benzene rings is 1. The van der Waals surface area contributed by atoms with Gasteiger partial charge in [-0.3, -0.25) is 0 Å². The maximum Gasteiger partial charge on any atom is 0.0991 e. The second kappa shape index (κ2) is 4.01. The maximum atomic E-state index is 9.97. The Labute approximate surface area is 89.1 Å². The van der Waals surface area contributed by atoms with E-state index in [0.717, 1.165) is 30.4 Å². The fourth-order valence-corrected chi connectivity index (χ4v) is 2.10. The lowest BCUT2D eigenvalue weighted by molar-refractivity contribution is 0.144. The number of aliphatic hydroxyl groups is 1. The van der Waals surface area contributed by atoms with Crippen molar-refractivity contribution >= 4 is 0 Å². The summed E-state index contributed by atoms with van der Waals surface area (Å²) < 4.78 is 0. The van der Waals surface area contributed by atoms with Crippen molar-refractivity contribution in [3.8, 4) is 6.07 Å². The number of nitrogens with zero attached hydrogens (tertiary/aromatic N) is 1. The highest BCUT2D eigenvalue weighted by Crippen LogP contribution is 2.28. The molecule has 0 amide bonds. The minimum absolute atomic E-state index is 0.181. The molecule has 1 aromatic rings. The van der Waals surface area contributed by atoms with Crippen LogP contribution in [-0.2, 0) is 6.42 Å². The Kier molecular flexibility index (Phi) is 2.72. The van der Waals surface area contributed by atoms with Gasteiger partial charge in [0.2, 0.25) is 0 Å². The van der Waals surface area contributed by atoms with Crippen LogP contribution in [0.4, 0.5) is 0 Å². The molecule has 15 heavy (non-hydrogen) atoms. The van der Waals surface area contributed by atoms with E-state index in [2.05, 4.69) is 6.07 Å². The van der Waals surface area contributed by atoms with Gasteiger partial charge in [0.05, 0.1) is 17.7 Å². The lowest BCUT2D eigenvalue weighted by atomic mass is 9.97. The summed E-state index contributed by atoms with van der Waals surface area (Å²) in [5.41, 5.74) is 8.45. The first-order chi connectivity index (χ1) is 7.22. The third kappa shape index (κ3) is 1.87. The Morgan fingerprint density at radius 2 is 2.27 bits per heavy atom. The van der Waals surface area contributed by atoms with Crippen LogP contribution in [0.1, 0.15) is 35.6 Å².